The van der Waals surface area contributed by atoms with Crippen molar-refractivity contribution in [2.45, 2.75) is 6.92 Å². The molecular formula is C6H8N2. The number of hydrogen-bond donors (Lipinski definition) is 1. The Morgan fingerprint density at radius 3 is 1.88 bits per heavy atom. The van der Waals surface area contributed by atoms with E-state index in [0.29, 0.717) is 0 Å². The second kappa shape index (κ2) is 5.77. The summed E-state index contributed by atoms with van der Waals surface area (Å²) in [5, 5.41) is 7.32. The summed E-state index contributed by atoms with van der Waals surface area (Å²) in [7, 11) is 0. The number of rotatable bonds is 0. The van der Waals surface area contributed by atoms with Gasteiger partial charge in [-0.25, -0.2) is 0 Å². The Morgan fingerprint density at radius 1 is 1.38 bits per heavy atom. The summed E-state index contributed by atoms with van der Waals surface area (Å²) in [6.45, 7) is 1.43. The molecule has 0 saturated heterocycles. The molecule has 0 amide bonds. The van der Waals surface area contributed by atoms with Gasteiger partial charge in [0.25, 0.3) is 0 Å². The van der Waals surface area contributed by atoms with Gasteiger partial charge < -0.3 is 4.98 Å². The van der Waals surface area contributed by atoms with E-state index in [4.69, 9.17) is 5.26 Å². The van der Waals surface area contributed by atoms with Gasteiger partial charge in [0.1, 0.15) is 0 Å². The normalized spacial score (nSPS) is 6.00. The number of nitrogens with zero attached hydrogens (tertiary/aromatic N) is 1. The van der Waals surface area contributed by atoms with E-state index in [0.717, 1.165) is 0 Å². The minimum absolute atomic E-state index is 1.43. The highest BCUT2D eigenvalue weighted by Gasteiger charge is 1.55. The van der Waals surface area contributed by atoms with Gasteiger partial charge in [-0.1, -0.05) is 0 Å². The third-order valence-corrected chi connectivity index (χ3v) is 0.496. The van der Waals surface area contributed by atoms with Gasteiger partial charge in [0.05, 0.1) is 6.07 Å². The van der Waals surface area contributed by atoms with E-state index in [1.165, 1.54) is 6.92 Å². The van der Waals surface area contributed by atoms with Crippen LogP contribution >= 0.6 is 0 Å². The number of H-pyrrole nitrogens is 1. The maximum Gasteiger partial charge on any atom is 0.0587 e. The van der Waals surface area contributed by atoms with Crippen LogP contribution in [0.25, 0.3) is 0 Å². The van der Waals surface area contributed by atoms with Gasteiger partial charge in [-0.15, -0.1) is 0 Å². The van der Waals surface area contributed by atoms with Crippen LogP contribution < -0.4 is 0 Å². The molecule has 0 aliphatic heterocycles. The molecule has 1 heterocycles. The van der Waals surface area contributed by atoms with Crippen molar-refractivity contribution in [2.24, 2.45) is 0 Å². The van der Waals surface area contributed by atoms with E-state index in [1.807, 2.05) is 24.5 Å². The molecule has 8 heavy (non-hydrogen) atoms. The maximum absolute atomic E-state index is 7.32. The first-order valence-electron chi connectivity index (χ1n) is 2.30. The fraction of sp³-hybridized carbons (Fsp3) is 0.167. The maximum atomic E-state index is 7.32. The number of nitrogens with one attached hydrogen (secondary N) is 1. The predicted octanol–water partition coefficient (Wildman–Crippen LogP) is 1.54. The van der Waals surface area contributed by atoms with Gasteiger partial charge in [0, 0.05) is 19.3 Å². The third-order valence-electron chi connectivity index (χ3n) is 0.496. The van der Waals surface area contributed by atoms with Crippen LogP contribution in [0.15, 0.2) is 24.5 Å². The monoisotopic (exact) mass is 108 g/mol. The van der Waals surface area contributed by atoms with E-state index in [9.17, 15) is 0 Å². The van der Waals surface area contributed by atoms with Gasteiger partial charge in [0.15, 0.2) is 0 Å². The predicted molar refractivity (Wildman–Crippen MR) is 32.1 cm³/mol. The smallest absolute Gasteiger partial charge is 0.0587 e. The first kappa shape index (κ1) is 6.77. The van der Waals surface area contributed by atoms with Crippen molar-refractivity contribution in [2.75, 3.05) is 0 Å². The van der Waals surface area contributed by atoms with Crippen LogP contribution in [0.2, 0.25) is 0 Å². The van der Waals surface area contributed by atoms with Crippen LogP contribution in [0.1, 0.15) is 6.92 Å². The van der Waals surface area contributed by atoms with Gasteiger partial charge in [-0.3, -0.25) is 0 Å². The zero-order valence-electron chi connectivity index (χ0n) is 4.76. The van der Waals surface area contributed by atoms with Crippen LogP contribution in [0.3, 0.4) is 0 Å². The first-order valence-corrected chi connectivity index (χ1v) is 2.30. The van der Waals surface area contributed by atoms with Crippen molar-refractivity contribution < 1.29 is 0 Å². The Bertz CT molecular complexity index is 119. The van der Waals surface area contributed by atoms with E-state index in [1.54, 1.807) is 6.07 Å². The third kappa shape index (κ3) is 4.77. The molecule has 0 aromatic carbocycles. The first-order chi connectivity index (χ1) is 3.91. The minimum atomic E-state index is 1.43. The SMILES string of the molecule is CC#N.c1cc[nH]c1. The molecular weight excluding hydrogens is 100 g/mol. The van der Waals surface area contributed by atoms with Crippen molar-refractivity contribution in [3.05, 3.63) is 24.5 Å². The van der Waals surface area contributed by atoms with Crippen LogP contribution in [-0.4, -0.2) is 4.98 Å². The highest BCUT2D eigenvalue weighted by Crippen LogP contribution is 1.72. The Kier molecular flexibility index (Phi) is 4.88. The van der Waals surface area contributed by atoms with Crippen LogP contribution in [0.4, 0.5) is 0 Å². The quantitative estimate of drug-likeness (QED) is 0.538. The molecule has 0 unspecified atom stereocenters. The average molecular weight is 108 g/mol. The minimum Gasteiger partial charge on any atom is -0.368 e. The molecule has 1 aromatic rings. The highest BCUT2D eigenvalue weighted by molar-refractivity contribution is 4.84. The fourth-order valence-corrected chi connectivity index (χ4v) is 0.278. The van der Waals surface area contributed by atoms with Gasteiger partial charge in [-0.05, 0) is 12.1 Å². The molecule has 0 bridgehead atoms. The summed E-state index contributed by atoms with van der Waals surface area (Å²) < 4.78 is 0. The summed E-state index contributed by atoms with van der Waals surface area (Å²) in [5.74, 6) is 0. The summed E-state index contributed by atoms with van der Waals surface area (Å²) in [5.41, 5.74) is 0. The summed E-state index contributed by atoms with van der Waals surface area (Å²) in [4.78, 5) is 2.86. The molecule has 0 fully saturated rings. The molecule has 0 spiro atoms. The molecule has 0 aliphatic carbocycles. The van der Waals surface area contributed by atoms with Crippen molar-refractivity contribution in [3.63, 3.8) is 0 Å². The second-order valence-electron chi connectivity index (χ2n) is 1.11. The lowest BCUT2D eigenvalue weighted by Gasteiger charge is -1.49. The van der Waals surface area contributed by atoms with Crippen LogP contribution in [-0.2, 0) is 0 Å². The molecule has 0 atom stereocenters. The number of aromatic nitrogens is 1. The van der Waals surface area contributed by atoms with E-state index < -0.39 is 0 Å². The summed E-state index contributed by atoms with van der Waals surface area (Å²) >= 11 is 0. The molecule has 42 valence electrons. The van der Waals surface area contributed by atoms with E-state index in [2.05, 4.69) is 4.98 Å². The van der Waals surface area contributed by atoms with Crippen molar-refractivity contribution in [1.29, 1.82) is 5.26 Å². The van der Waals surface area contributed by atoms with Crippen molar-refractivity contribution in [1.82, 2.24) is 4.98 Å². The lowest BCUT2D eigenvalue weighted by molar-refractivity contribution is 1.42. The number of nitriles is 1. The van der Waals surface area contributed by atoms with Gasteiger partial charge >= 0.3 is 0 Å². The van der Waals surface area contributed by atoms with E-state index >= 15 is 0 Å². The van der Waals surface area contributed by atoms with Gasteiger partial charge in [0.2, 0.25) is 0 Å². The van der Waals surface area contributed by atoms with E-state index in [-0.39, 0.29) is 0 Å². The van der Waals surface area contributed by atoms with Crippen LogP contribution in [0, 0.1) is 11.3 Å². The number of aromatic amines is 1. The largest absolute Gasteiger partial charge is 0.368 e. The molecule has 1 N–H and O–H groups in total. The summed E-state index contributed by atoms with van der Waals surface area (Å²) in [6, 6.07) is 5.64. The van der Waals surface area contributed by atoms with Gasteiger partial charge in [-0.2, -0.15) is 5.26 Å². The molecule has 2 nitrogen and oxygen atoms in total. The Hall–Kier alpha value is -1.23. The lowest BCUT2D eigenvalue weighted by Crippen LogP contribution is -1.38. The highest BCUT2D eigenvalue weighted by atomic mass is 14.6. The zero-order chi connectivity index (χ0) is 6.24. The molecule has 1 aromatic heterocycles. The topological polar surface area (TPSA) is 39.6 Å². The molecule has 0 radical (unpaired) electrons. The standard InChI is InChI=1S/C4H5N.C2H3N/c1-2-4-5-3-1;1-2-3/h1-5H;1H3. The Balaban J connectivity index is 0.000000145. The average Bonchev–Trinajstić information content (AvgIpc) is 2.17. The van der Waals surface area contributed by atoms with Crippen molar-refractivity contribution >= 4 is 0 Å². The molecule has 2 heteroatoms. The Morgan fingerprint density at radius 2 is 1.75 bits per heavy atom. The van der Waals surface area contributed by atoms with Crippen molar-refractivity contribution in [3.8, 4) is 6.07 Å². The summed E-state index contributed by atoms with van der Waals surface area (Å²) in [6.07, 6.45) is 3.75. The fourth-order valence-electron chi connectivity index (χ4n) is 0.278. The molecule has 0 saturated carbocycles. The number of hydrogen-bond acceptors (Lipinski definition) is 1. The van der Waals surface area contributed by atoms with Crippen LogP contribution in [0.5, 0.6) is 0 Å². The molecule has 0 aliphatic rings. The Labute approximate surface area is 48.8 Å². The second-order valence-corrected chi connectivity index (χ2v) is 1.11. The zero-order valence-corrected chi connectivity index (χ0v) is 4.76. The lowest BCUT2D eigenvalue weighted by atomic mass is 10.7. The molecule has 1 rings (SSSR count).